The predicted octanol–water partition coefficient (Wildman–Crippen LogP) is 4.57. The molecule has 3 aromatic heterocycles. The van der Waals surface area contributed by atoms with Crippen molar-refractivity contribution < 1.29 is 4.79 Å². The van der Waals surface area contributed by atoms with Crippen LogP contribution in [-0.2, 0) is 6.54 Å². The fourth-order valence-corrected chi connectivity index (χ4v) is 5.07. The fourth-order valence-electron chi connectivity index (χ4n) is 4.80. The van der Waals surface area contributed by atoms with Gasteiger partial charge in [-0.25, -0.2) is 9.67 Å². The third-order valence-electron chi connectivity index (χ3n) is 6.78. The lowest BCUT2D eigenvalue weighted by molar-refractivity contribution is 0.0950. The van der Waals surface area contributed by atoms with E-state index in [-0.39, 0.29) is 5.91 Å². The molecule has 0 saturated carbocycles. The number of amides is 1. The van der Waals surface area contributed by atoms with E-state index in [0.717, 1.165) is 47.4 Å². The van der Waals surface area contributed by atoms with Gasteiger partial charge in [0.15, 0.2) is 5.65 Å². The van der Waals surface area contributed by atoms with Gasteiger partial charge in [0.05, 0.1) is 28.3 Å². The van der Waals surface area contributed by atoms with Crippen LogP contribution in [-0.4, -0.2) is 61.9 Å². The first kappa shape index (κ1) is 23.5. The van der Waals surface area contributed by atoms with Gasteiger partial charge in [0.25, 0.3) is 5.91 Å². The van der Waals surface area contributed by atoms with Crippen molar-refractivity contribution in [3.8, 4) is 11.3 Å². The van der Waals surface area contributed by atoms with Gasteiger partial charge in [0.2, 0.25) is 0 Å². The smallest absolute Gasteiger partial charge is 0.252 e. The van der Waals surface area contributed by atoms with Crippen LogP contribution in [0.4, 0.5) is 0 Å². The lowest BCUT2D eigenvalue weighted by atomic mass is 10.1. The average Bonchev–Trinajstić information content (AvgIpc) is 3.58. The van der Waals surface area contributed by atoms with E-state index in [0.29, 0.717) is 34.8 Å². The molecule has 1 aliphatic rings. The lowest BCUT2D eigenvalue weighted by Gasteiger charge is -2.15. The van der Waals surface area contributed by atoms with Gasteiger partial charge >= 0.3 is 0 Å². The third-order valence-corrected chi connectivity index (χ3v) is 7.09. The number of hydrogen-bond donors (Lipinski definition) is 1. The molecule has 0 radical (unpaired) electrons. The highest BCUT2D eigenvalue weighted by Gasteiger charge is 2.15. The minimum atomic E-state index is -0.160. The van der Waals surface area contributed by atoms with Crippen LogP contribution in [0.2, 0.25) is 5.02 Å². The summed E-state index contributed by atoms with van der Waals surface area (Å²) in [4.78, 5) is 24.3. The van der Waals surface area contributed by atoms with E-state index in [1.54, 1.807) is 23.0 Å². The van der Waals surface area contributed by atoms with Gasteiger partial charge in [-0.1, -0.05) is 35.0 Å². The van der Waals surface area contributed by atoms with Gasteiger partial charge in [0.1, 0.15) is 5.52 Å². The Morgan fingerprint density at radius 2 is 1.86 bits per heavy atom. The van der Waals surface area contributed by atoms with Crippen molar-refractivity contribution in [1.29, 1.82) is 0 Å². The Bertz CT molecular complexity index is 1590. The highest BCUT2D eigenvalue weighted by atomic mass is 35.5. The average molecular weight is 512 g/mol. The van der Waals surface area contributed by atoms with Crippen molar-refractivity contribution in [2.45, 2.75) is 19.4 Å². The molecule has 0 bridgehead atoms. The molecule has 8 nitrogen and oxygen atoms in total. The Morgan fingerprint density at radius 1 is 1.00 bits per heavy atom. The molecular formula is C28H26ClN7O. The SMILES string of the molecule is O=C(NCCN1CCCC1)c1ccc(-c2ccc3nnn(Cc4ccc5ncccc5c4)c3n2)cc1Cl. The second-order valence-electron chi connectivity index (χ2n) is 9.32. The number of carbonyl (C=O) groups excluding carboxylic acids is 1. The van der Waals surface area contributed by atoms with E-state index in [1.807, 2.05) is 42.5 Å². The number of rotatable bonds is 7. The summed E-state index contributed by atoms with van der Waals surface area (Å²) in [6.45, 7) is 4.23. The van der Waals surface area contributed by atoms with Crippen molar-refractivity contribution in [3.05, 3.63) is 83.0 Å². The van der Waals surface area contributed by atoms with Gasteiger partial charge in [-0.2, -0.15) is 0 Å². The van der Waals surface area contributed by atoms with Crippen molar-refractivity contribution >= 4 is 39.6 Å². The zero-order valence-electron chi connectivity index (χ0n) is 20.3. The number of likely N-dealkylation sites (tertiary alicyclic amines) is 1. The molecule has 0 unspecified atom stereocenters. The van der Waals surface area contributed by atoms with Crippen LogP contribution in [0.15, 0.2) is 66.9 Å². The summed E-state index contributed by atoms with van der Waals surface area (Å²) < 4.78 is 1.79. The van der Waals surface area contributed by atoms with Gasteiger partial charge in [-0.3, -0.25) is 9.78 Å². The molecule has 186 valence electrons. The van der Waals surface area contributed by atoms with Crippen molar-refractivity contribution in [1.82, 2.24) is 35.2 Å². The van der Waals surface area contributed by atoms with E-state index >= 15 is 0 Å². The summed E-state index contributed by atoms with van der Waals surface area (Å²) in [5.74, 6) is -0.160. The van der Waals surface area contributed by atoms with Gasteiger partial charge < -0.3 is 10.2 Å². The van der Waals surface area contributed by atoms with E-state index in [9.17, 15) is 4.79 Å². The monoisotopic (exact) mass is 511 g/mol. The summed E-state index contributed by atoms with van der Waals surface area (Å²) >= 11 is 6.53. The van der Waals surface area contributed by atoms with Gasteiger partial charge in [-0.05, 0) is 74.0 Å². The van der Waals surface area contributed by atoms with Gasteiger partial charge in [-0.15, -0.1) is 5.10 Å². The number of nitrogens with zero attached hydrogens (tertiary/aromatic N) is 6. The van der Waals surface area contributed by atoms with E-state index in [4.69, 9.17) is 16.6 Å². The molecule has 1 N–H and O–H groups in total. The standard InChI is InChI=1S/C28H26ClN7O/c29-23-17-21(6-7-22(23)28(37)31-12-15-35-13-1-2-14-35)25-9-10-26-27(32-25)36(34-33-26)18-19-5-8-24-20(16-19)4-3-11-30-24/h3-11,16-17H,1-2,12-15,18H2,(H,31,37). The molecule has 9 heteroatoms. The van der Waals surface area contributed by atoms with Crippen LogP contribution in [0.5, 0.6) is 0 Å². The zero-order chi connectivity index (χ0) is 25.2. The molecule has 0 atom stereocenters. The predicted molar refractivity (Wildman–Crippen MR) is 145 cm³/mol. The first-order valence-electron chi connectivity index (χ1n) is 12.5. The summed E-state index contributed by atoms with van der Waals surface area (Å²) in [6, 6.07) is 19.3. The number of nitrogens with one attached hydrogen (secondary N) is 1. The van der Waals surface area contributed by atoms with Gasteiger partial charge in [0, 0.05) is 30.2 Å². The molecule has 4 heterocycles. The Kier molecular flexibility index (Phi) is 6.51. The number of fused-ring (bicyclic) bond motifs is 2. The Hall–Kier alpha value is -3.88. The quantitative estimate of drug-likeness (QED) is 0.344. The van der Waals surface area contributed by atoms with Crippen LogP contribution in [0, 0.1) is 0 Å². The number of hydrogen-bond acceptors (Lipinski definition) is 6. The summed E-state index contributed by atoms with van der Waals surface area (Å²) in [7, 11) is 0. The Balaban J connectivity index is 1.20. The molecule has 5 aromatic rings. The molecule has 1 amide bonds. The second-order valence-corrected chi connectivity index (χ2v) is 9.72. The highest BCUT2D eigenvalue weighted by Crippen LogP contribution is 2.26. The first-order valence-corrected chi connectivity index (χ1v) is 12.9. The zero-order valence-corrected chi connectivity index (χ0v) is 21.0. The van der Waals surface area contributed by atoms with E-state index in [2.05, 4.69) is 31.6 Å². The second kappa shape index (κ2) is 10.2. The molecule has 1 fully saturated rings. The number of pyridine rings is 2. The van der Waals surface area contributed by atoms with Crippen LogP contribution < -0.4 is 5.32 Å². The number of carbonyl (C=O) groups is 1. The molecule has 0 aliphatic carbocycles. The molecule has 2 aromatic carbocycles. The third kappa shape index (κ3) is 5.03. The minimum Gasteiger partial charge on any atom is -0.351 e. The highest BCUT2D eigenvalue weighted by molar-refractivity contribution is 6.34. The lowest BCUT2D eigenvalue weighted by Crippen LogP contribution is -2.33. The van der Waals surface area contributed by atoms with E-state index in [1.165, 1.54) is 12.8 Å². The fraction of sp³-hybridized carbons (Fsp3) is 0.250. The number of aromatic nitrogens is 5. The number of halogens is 1. The maximum atomic E-state index is 12.7. The topological polar surface area (TPSA) is 88.8 Å². The summed E-state index contributed by atoms with van der Waals surface area (Å²) in [6.07, 6.45) is 4.26. The van der Waals surface area contributed by atoms with Crippen molar-refractivity contribution in [3.63, 3.8) is 0 Å². The van der Waals surface area contributed by atoms with Crippen molar-refractivity contribution in [2.75, 3.05) is 26.2 Å². The summed E-state index contributed by atoms with van der Waals surface area (Å²) in [5, 5.41) is 13.1. The van der Waals surface area contributed by atoms with Crippen molar-refractivity contribution in [2.24, 2.45) is 0 Å². The normalized spacial score (nSPS) is 14.0. The molecule has 0 spiro atoms. The number of benzene rings is 2. The summed E-state index contributed by atoms with van der Waals surface area (Å²) in [5.41, 5.74) is 5.46. The Labute approximate surface area is 219 Å². The van der Waals surface area contributed by atoms with Crippen LogP contribution in [0.25, 0.3) is 33.3 Å². The molecule has 37 heavy (non-hydrogen) atoms. The molecule has 1 aliphatic heterocycles. The molecular weight excluding hydrogens is 486 g/mol. The first-order chi connectivity index (χ1) is 18.1. The largest absolute Gasteiger partial charge is 0.351 e. The minimum absolute atomic E-state index is 0.160. The maximum Gasteiger partial charge on any atom is 0.252 e. The molecule has 1 saturated heterocycles. The van der Waals surface area contributed by atoms with Crippen LogP contribution in [0.3, 0.4) is 0 Å². The van der Waals surface area contributed by atoms with Crippen LogP contribution >= 0.6 is 11.6 Å². The Morgan fingerprint density at radius 3 is 2.73 bits per heavy atom. The van der Waals surface area contributed by atoms with Crippen LogP contribution in [0.1, 0.15) is 28.8 Å². The molecule has 6 rings (SSSR count). The maximum absolute atomic E-state index is 12.7. The van der Waals surface area contributed by atoms with E-state index < -0.39 is 0 Å².